The first-order valence-corrected chi connectivity index (χ1v) is 9.46. The fourth-order valence-electron chi connectivity index (χ4n) is 3.38. The van der Waals surface area contributed by atoms with Gasteiger partial charge in [0, 0.05) is 63.8 Å². The van der Waals surface area contributed by atoms with E-state index in [9.17, 15) is 4.79 Å². The van der Waals surface area contributed by atoms with Gasteiger partial charge in [-0.05, 0) is 33.3 Å². The first-order chi connectivity index (χ1) is 12.9. The second kappa shape index (κ2) is 8.04. The van der Waals surface area contributed by atoms with Crippen molar-refractivity contribution >= 4 is 11.7 Å². The summed E-state index contributed by atoms with van der Waals surface area (Å²) in [4.78, 5) is 25.0. The van der Waals surface area contributed by atoms with Crippen LogP contribution in [0.3, 0.4) is 0 Å². The maximum absolute atomic E-state index is 12.3. The number of aryl methyl sites for hydroxylation is 2. The Morgan fingerprint density at radius 2 is 2.11 bits per heavy atom. The molecule has 0 bridgehead atoms. The minimum absolute atomic E-state index is 0.166. The van der Waals surface area contributed by atoms with Gasteiger partial charge >= 0.3 is 0 Å². The first kappa shape index (κ1) is 19.3. The number of nitrogens with zero attached hydrogens (tertiary/aromatic N) is 6. The fourth-order valence-corrected chi connectivity index (χ4v) is 3.38. The molecule has 8 heteroatoms. The lowest BCUT2D eigenvalue weighted by atomic mass is 10.2. The van der Waals surface area contributed by atoms with Crippen molar-refractivity contribution < 1.29 is 4.79 Å². The topological polar surface area (TPSA) is 79.2 Å². The van der Waals surface area contributed by atoms with Crippen LogP contribution < -0.4 is 10.2 Å². The minimum Gasteiger partial charge on any atom is -0.355 e. The Labute approximate surface area is 160 Å². The third kappa shape index (κ3) is 4.10. The van der Waals surface area contributed by atoms with Crippen LogP contribution in [0.25, 0.3) is 0 Å². The predicted octanol–water partition coefficient (Wildman–Crippen LogP) is 1.38. The Morgan fingerprint density at radius 1 is 1.33 bits per heavy atom. The molecule has 1 N–H and O–H groups in total. The highest BCUT2D eigenvalue weighted by molar-refractivity contribution is 5.90. The van der Waals surface area contributed by atoms with Crippen molar-refractivity contribution in [2.75, 3.05) is 32.1 Å². The average molecular weight is 371 g/mol. The molecule has 1 fully saturated rings. The molecule has 0 aliphatic carbocycles. The molecular formula is C19H29N7O. The highest BCUT2D eigenvalue weighted by Crippen LogP contribution is 2.24. The standard InChI is InChI=1S/C19H29N7O/c1-6-26-16(7-9-21-26)11-20-15-8-10-25(12-15)18-13(2)14(3)22-17(23-18)19(27)24(4)5/h7,9,15,20H,6,8,10-12H2,1-5H3/t15-/m1/s1. The Morgan fingerprint density at radius 3 is 2.81 bits per heavy atom. The molecule has 8 nitrogen and oxygen atoms in total. The normalized spacial score (nSPS) is 16.8. The van der Waals surface area contributed by atoms with Crippen molar-refractivity contribution in [1.82, 2.24) is 30.0 Å². The summed E-state index contributed by atoms with van der Waals surface area (Å²) in [7, 11) is 3.44. The zero-order chi connectivity index (χ0) is 19.6. The molecule has 1 saturated heterocycles. The molecule has 3 rings (SSSR count). The molecule has 0 saturated carbocycles. The van der Waals surface area contributed by atoms with Gasteiger partial charge in [0.2, 0.25) is 5.82 Å². The number of hydrogen-bond donors (Lipinski definition) is 1. The van der Waals surface area contributed by atoms with Gasteiger partial charge in [-0.1, -0.05) is 0 Å². The Hall–Kier alpha value is -2.48. The second-order valence-corrected chi connectivity index (χ2v) is 7.23. The zero-order valence-corrected chi connectivity index (χ0v) is 16.9. The van der Waals surface area contributed by atoms with Crippen LogP contribution in [0.15, 0.2) is 12.3 Å². The number of carbonyl (C=O) groups is 1. The van der Waals surface area contributed by atoms with Crippen molar-refractivity contribution in [1.29, 1.82) is 0 Å². The number of aromatic nitrogens is 4. The molecule has 1 atom stereocenters. The molecule has 0 unspecified atom stereocenters. The highest BCUT2D eigenvalue weighted by Gasteiger charge is 2.26. The van der Waals surface area contributed by atoms with Crippen LogP contribution in [0, 0.1) is 13.8 Å². The van der Waals surface area contributed by atoms with Crippen LogP contribution in [0.1, 0.15) is 40.9 Å². The monoisotopic (exact) mass is 371 g/mol. The highest BCUT2D eigenvalue weighted by atomic mass is 16.2. The number of nitrogens with one attached hydrogen (secondary N) is 1. The van der Waals surface area contributed by atoms with E-state index in [1.807, 2.05) is 24.7 Å². The predicted molar refractivity (Wildman–Crippen MR) is 105 cm³/mol. The number of hydrogen-bond acceptors (Lipinski definition) is 6. The summed E-state index contributed by atoms with van der Waals surface area (Å²) in [5.41, 5.74) is 3.09. The van der Waals surface area contributed by atoms with Crippen molar-refractivity contribution in [3.63, 3.8) is 0 Å². The Bertz CT molecular complexity index is 814. The summed E-state index contributed by atoms with van der Waals surface area (Å²) >= 11 is 0. The molecule has 146 valence electrons. The van der Waals surface area contributed by atoms with Gasteiger partial charge in [-0.15, -0.1) is 0 Å². The quantitative estimate of drug-likeness (QED) is 0.826. The number of amides is 1. The molecule has 0 radical (unpaired) electrons. The fraction of sp³-hybridized carbons (Fsp3) is 0.579. The third-order valence-corrected chi connectivity index (χ3v) is 5.12. The van der Waals surface area contributed by atoms with Gasteiger partial charge in [0.15, 0.2) is 0 Å². The van der Waals surface area contributed by atoms with E-state index in [2.05, 4.69) is 38.3 Å². The molecule has 0 aromatic carbocycles. The zero-order valence-electron chi connectivity index (χ0n) is 16.9. The van der Waals surface area contributed by atoms with E-state index >= 15 is 0 Å². The largest absolute Gasteiger partial charge is 0.355 e. The first-order valence-electron chi connectivity index (χ1n) is 9.46. The van der Waals surface area contributed by atoms with Crippen molar-refractivity contribution in [3.8, 4) is 0 Å². The summed E-state index contributed by atoms with van der Waals surface area (Å²) in [6.07, 6.45) is 2.89. The van der Waals surface area contributed by atoms with Crippen LogP contribution in [-0.4, -0.2) is 63.8 Å². The Kier molecular flexibility index (Phi) is 5.74. The lowest BCUT2D eigenvalue weighted by molar-refractivity contribution is 0.0815. The van der Waals surface area contributed by atoms with Gasteiger partial charge in [-0.3, -0.25) is 9.48 Å². The number of rotatable bonds is 6. The van der Waals surface area contributed by atoms with E-state index in [1.54, 1.807) is 14.1 Å². The van der Waals surface area contributed by atoms with Gasteiger partial charge in [-0.25, -0.2) is 9.97 Å². The van der Waals surface area contributed by atoms with E-state index in [0.29, 0.717) is 6.04 Å². The molecular weight excluding hydrogens is 342 g/mol. The van der Waals surface area contributed by atoms with Crippen LogP contribution in [0.5, 0.6) is 0 Å². The summed E-state index contributed by atoms with van der Waals surface area (Å²) in [5.74, 6) is 0.970. The van der Waals surface area contributed by atoms with Crippen molar-refractivity contribution in [2.24, 2.45) is 0 Å². The smallest absolute Gasteiger partial charge is 0.291 e. The van der Waals surface area contributed by atoms with E-state index in [4.69, 9.17) is 0 Å². The minimum atomic E-state index is -0.166. The Balaban J connectivity index is 1.70. The van der Waals surface area contributed by atoms with Crippen LogP contribution in [-0.2, 0) is 13.1 Å². The van der Waals surface area contributed by atoms with Gasteiger partial charge < -0.3 is 15.1 Å². The molecule has 1 aliphatic heterocycles. The van der Waals surface area contributed by atoms with Crippen molar-refractivity contribution in [3.05, 3.63) is 35.0 Å². The molecule has 2 aromatic heterocycles. The molecule has 1 amide bonds. The van der Waals surface area contributed by atoms with Crippen molar-refractivity contribution in [2.45, 2.75) is 46.3 Å². The molecule has 3 heterocycles. The van der Waals surface area contributed by atoms with Crippen LogP contribution in [0.2, 0.25) is 0 Å². The van der Waals surface area contributed by atoms with Gasteiger partial charge in [-0.2, -0.15) is 5.10 Å². The maximum atomic E-state index is 12.3. The van der Waals surface area contributed by atoms with Gasteiger partial charge in [0.25, 0.3) is 5.91 Å². The summed E-state index contributed by atoms with van der Waals surface area (Å²) in [6, 6.07) is 2.44. The number of carbonyl (C=O) groups excluding carboxylic acids is 1. The summed E-state index contributed by atoms with van der Waals surface area (Å²) < 4.78 is 2.01. The van der Waals surface area contributed by atoms with Crippen LogP contribution in [0.4, 0.5) is 5.82 Å². The SMILES string of the molecule is CCn1nccc1CN[C@@H]1CCN(c2nc(C(=O)N(C)C)nc(C)c2C)C1. The van der Waals surface area contributed by atoms with Gasteiger partial charge in [0.05, 0.1) is 5.69 Å². The third-order valence-electron chi connectivity index (χ3n) is 5.12. The molecule has 2 aromatic rings. The van der Waals surface area contributed by atoms with E-state index in [0.717, 1.165) is 49.7 Å². The second-order valence-electron chi connectivity index (χ2n) is 7.23. The summed E-state index contributed by atoms with van der Waals surface area (Å²) in [6.45, 7) is 9.52. The maximum Gasteiger partial charge on any atom is 0.291 e. The van der Waals surface area contributed by atoms with Crippen LogP contribution >= 0.6 is 0 Å². The lowest BCUT2D eigenvalue weighted by Crippen LogP contribution is -2.33. The lowest BCUT2D eigenvalue weighted by Gasteiger charge is -2.22. The number of anilines is 1. The van der Waals surface area contributed by atoms with E-state index in [-0.39, 0.29) is 11.7 Å². The summed E-state index contributed by atoms with van der Waals surface area (Å²) in [5, 5.41) is 7.94. The molecule has 27 heavy (non-hydrogen) atoms. The molecule has 0 spiro atoms. The molecule has 1 aliphatic rings. The average Bonchev–Trinajstić information content (AvgIpc) is 3.30. The van der Waals surface area contributed by atoms with Gasteiger partial charge in [0.1, 0.15) is 5.82 Å². The van der Waals surface area contributed by atoms with E-state index < -0.39 is 0 Å². The van der Waals surface area contributed by atoms with E-state index in [1.165, 1.54) is 10.6 Å².